The Morgan fingerprint density at radius 2 is 1.83 bits per heavy atom. The van der Waals surface area contributed by atoms with Crippen LogP contribution < -0.4 is 5.32 Å². The van der Waals surface area contributed by atoms with E-state index in [1.165, 1.54) is 12.1 Å². The highest BCUT2D eigenvalue weighted by molar-refractivity contribution is 9.10. The molecule has 0 atom stereocenters. The molecule has 0 bridgehead atoms. The summed E-state index contributed by atoms with van der Waals surface area (Å²) in [7, 11) is 0. The molecule has 2 aromatic carbocycles. The van der Waals surface area contributed by atoms with Gasteiger partial charge in [0.1, 0.15) is 0 Å². The number of hydrogen-bond donors (Lipinski definition) is 2. The third-order valence-electron chi connectivity index (χ3n) is 2.91. The van der Waals surface area contributed by atoms with Crippen molar-refractivity contribution < 1.29 is 19.7 Å². The van der Waals surface area contributed by atoms with Gasteiger partial charge in [-0.25, -0.2) is 0 Å². The quantitative estimate of drug-likeness (QED) is 0.573. The Hall–Kier alpha value is -2.72. The molecular formula is C13H7BrClN3O6. The van der Waals surface area contributed by atoms with E-state index in [2.05, 4.69) is 21.2 Å². The average Bonchev–Trinajstić information content (AvgIpc) is 2.50. The van der Waals surface area contributed by atoms with E-state index in [1.54, 1.807) is 0 Å². The third kappa shape index (κ3) is 3.60. The van der Waals surface area contributed by atoms with Crippen LogP contribution in [0.15, 0.2) is 34.8 Å². The Labute approximate surface area is 147 Å². The molecule has 124 valence electrons. The largest absolute Gasteiger partial charge is 0.502 e. The summed E-state index contributed by atoms with van der Waals surface area (Å²) in [6.45, 7) is 0. The first-order valence-corrected chi connectivity index (χ1v) is 7.30. The van der Waals surface area contributed by atoms with Gasteiger partial charge in [0.25, 0.3) is 11.6 Å². The van der Waals surface area contributed by atoms with Crippen molar-refractivity contribution in [1.29, 1.82) is 0 Å². The Bertz CT molecular complexity index is 873. The summed E-state index contributed by atoms with van der Waals surface area (Å²) in [5.41, 5.74) is -1.22. The lowest BCUT2D eigenvalue weighted by molar-refractivity contribution is -0.386. The summed E-state index contributed by atoms with van der Waals surface area (Å²) in [5.74, 6) is -1.67. The third-order valence-corrected chi connectivity index (χ3v) is 3.68. The summed E-state index contributed by atoms with van der Waals surface area (Å²) in [6, 6.07) is 5.62. The smallest absolute Gasteiger partial charge is 0.312 e. The zero-order chi connectivity index (χ0) is 18.0. The number of rotatable bonds is 4. The van der Waals surface area contributed by atoms with Gasteiger partial charge in [0.15, 0.2) is 0 Å². The van der Waals surface area contributed by atoms with E-state index in [-0.39, 0.29) is 26.4 Å². The number of carbonyl (C=O) groups is 1. The Balaban J connectivity index is 2.37. The fourth-order valence-electron chi connectivity index (χ4n) is 1.81. The second-order valence-corrected chi connectivity index (χ2v) is 5.78. The normalized spacial score (nSPS) is 10.2. The molecule has 11 heteroatoms. The van der Waals surface area contributed by atoms with Crippen LogP contribution in [0, 0.1) is 20.2 Å². The van der Waals surface area contributed by atoms with Crippen molar-refractivity contribution in [3.8, 4) is 5.75 Å². The van der Waals surface area contributed by atoms with E-state index in [0.717, 1.165) is 18.2 Å². The van der Waals surface area contributed by atoms with E-state index in [4.69, 9.17) is 11.6 Å². The molecule has 0 aliphatic heterocycles. The van der Waals surface area contributed by atoms with Crippen LogP contribution in [0.2, 0.25) is 5.02 Å². The SMILES string of the molecule is O=C(Nc1ccc([N+](=O)[O-])cc1Cl)c1cc(Br)cc([N+](=O)[O-])c1O. The van der Waals surface area contributed by atoms with Crippen molar-refractivity contribution in [1.82, 2.24) is 0 Å². The lowest BCUT2D eigenvalue weighted by Crippen LogP contribution is -2.13. The maximum absolute atomic E-state index is 12.2. The molecule has 0 unspecified atom stereocenters. The number of nitro groups is 2. The maximum atomic E-state index is 12.2. The number of nitrogens with one attached hydrogen (secondary N) is 1. The number of benzene rings is 2. The van der Waals surface area contributed by atoms with Gasteiger partial charge < -0.3 is 10.4 Å². The zero-order valence-electron chi connectivity index (χ0n) is 11.5. The van der Waals surface area contributed by atoms with Crippen LogP contribution in [0.1, 0.15) is 10.4 Å². The molecule has 0 heterocycles. The highest BCUT2D eigenvalue weighted by Gasteiger charge is 2.23. The van der Waals surface area contributed by atoms with Gasteiger partial charge in [-0.05, 0) is 12.1 Å². The van der Waals surface area contributed by atoms with E-state index in [1.807, 2.05) is 0 Å². The first kappa shape index (κ1) is 17.6. The number of amides is 1. The van der Waals surface area contributed by atoms with E-state index < -0.39 is 27.2 Å². The summed E-state index contributed by atoms with van der Waals surface area (Å²) in [6.07, 6.45) is 0. The molecule has 1 amide bonds. The van der Waals surface area contributed by atoms with E-state index >= 15 is 0 Å². The second kappa shape index (κ2) is 6.81. The number of anilines is 1. The fourth-order valence-corrected chi connectivity index (χ4v) is 2.47. The number of phenols is 1. The fraction of sp³-hybridized carbons (Fsp3) is 0. The van der Waals surface area contributed by atoms with Gasteiger partial charge in [0.2, 0.25) is 5.75 Å². The molecular weight excluding hydrogens is 410 g/mol. The monoisotopic (exact) mass is 415 g/mol. The molecule has 0 aromatic heterocycles. The summed E-state index contributed by atoms with van der Waals surface area (Å²) >= 11 is 8.87. The molecule has 2 N–H and O–H groups in total. The van der Waals surface area contributed by atoms with Gasteiger partial charge in [-0.3, -0.25) is 25.0 Å². The van der Waals surface area contributed by atoms with Crippen LogP contribution in [0.5, 0.6) is 5.75 Å². The van der Waals surface area contributed by atoms with Crippen molar-refractivity contribution in [2.45, 2.75) is 0 Å². The summed E-state index contributed by atoms with van der Waals surface area (Å²) < 4.78 is 0.215. The minimum atomic E-state index is -0.868. The van der Waals surface area contributed by atoms with Gasteiger partial charge in [-0.1, -0.05) is 27.5 Å². The molecule has 0 saturated carbocycles. The number of nitrogens with zero attached hydrogens (tertiary/aromatic N) is 2. The first-order valence-electron chi connectivity index (χ1n) is 6.13. The molecule has 0 radical (unpaired) electrons. The number of hydrogen-bond acceptors (Lipinski definition) is 6. The molecule has 0 spiro atoms. The van der Waals surface area contributed by atoms with Crippen molar-refractivity contribution in [2.24, 2.45) is 0 Å². The van der Waals surface area contributed by atoms with E-state index in [9.17, 15) is 30.1 Å². The summed E-state index contributed by atoms with van der Waals surface area (Å²) in [5, 5.41) is 33.6. The minimum absolute atomic E-state index is 0.0503. The molecule has 2 rings (SSSR count). The number of carbonyl (C=O) groups excluding carboxylic acids is 1. The predicted octanol–water partition coefficient (Wildman–Crippen LogP) is 3.88. The number of halogens is 2. The minimum Gasteiger partial charge on any atom is -0.502 e. The van der Waals surface area contributed by atoms with Crippen molar-refractivity contribution in [3.05, 3.63) is 65.6 Å². The summed E-state index contributed by atoms with van der Waals surface area (Å²) in [4.78, 5) is 32.3. The zero-order valence-corrected chi connectivity index (χ0v) is 13.9. The van der Waals surface area contributed by atoms with Gasteiger partial charge in [0, 0.05) is 22.7 Å². The number of nitro benzene ring substituents is 2. The Morgan fingerprint density at radius 1 is 1.17 bits per heavy atom. The molecule has 2 aromatic rings. The van der Waals surface area contributed by atoms with Crippen molar-refractivity contribution in [3.63, 3.8) is 0 Å². The lowest BCUT2D eigenvalue weighted by atomic mass is 10.1. The maximum Gasteiger partial charge on any atom is 0.312 e. The van der Waals surface area contributed by atoms with Crippen LogP contribution >= 0.6 is 27.5 Å². The Morgan fingerprint density at radius 3 is 2.38 bits per heavy atom. The molecule has 0 saturated heterocycles. The second-order valence-electron chi connectivity index (χ2n) is 4.45. The standard InChI is InChI=1S/C13H7BrClN3O6/c14-6-3-8(12(19)11(4-6)18(23)24)13(20)16-10-2-1-7(17(21)22)5-9(10)15/h1-5,19H,(H,16,20). The lowest BCUT2D eigenvalue weighted by Gasteiger charge is -2.09. The number of phenolic OH excluding ortho intramolecular Hbond substituents is 1. The highest BCUT2D eigenvalue weighted by atomic mass is 79.9. The first-order chi connectivity index (χ1) is 11.2. The van der Waals surface area contributed by atoms with Crippen LogP contribution in [0.25, 0.3) is 0 Å². The van der Waals surface area contributed by atoms with Gasteiger partial charge in [0.05, 0.1) is 26.1 Å². The van der Waals surface area contributed by atoms with Crippen molar-refractivity contribution in [2.75, 3.05) is 5.32 Å². The topological polar surface area (TPSA) is 136 Å². The van der Waals surface area contributed by atoms with Gasteiger partial charge in [-0.15, -0.1) is 0 Å². The van der Waals surface area contributed by atoms with Crippen molar-refractivity contribution >= 4 is 50.5 Å². The molecule has 0 aliphatic rings. The van der Waals surface area contributed by atoms with Gasteiger partial charge in [-0.2, -0.15) is 0 Å². The molecule has 24 heavy (non-hydrogen) atoms. The molecule has 0 fully saturated rings. The Kier molecular flexibility index (Phi) is 5.00. The molecule has 0 aliphatic carbocycles. The van der Waals surface area contributed by atoms with E-state index in [0.29, 0.717) is 0 Å². The van der Waals surface area contributed by atoms with Gasteiger partial charge >= 0.3 is 5.69 Å². The average molecular weight is 417 g/mol. The number of non-ortho nitro benzene ring substituents is 1. The van der Waals surface area contributed by atoms with Crippen LogP contribution in [0.3, 0.4) is 0 Å². The molecule has 9 nitrogen and oxygen atoms in total. The van der Waals surface area contributed by atoms with Crippen LogP contribution in [-0.4, -0.2) is 20.9 Å². The van der Waals surface area contributed by atoms with Crippen LogP contribution in [0.4, 0.5) is 17.1 Å². The number of aromatic hydroxyl groups is 1. The predicted molar refractivity (Wildman–Crippen MR) is 88.5 cm³/mol. The van der Waals surface area contributed by atoms with Crippen LogP contribution in [-0.2, 0) is 0 Å². The highest BCUT2D eigenvalue weighted by Crippen LogP contribution is 2.34.